The normalized spacial score (nSPS) is 18.4. The summed E-state index contributed by atoms with van der Waals surface area (Å²) < 4.78 is 5.83. The SMILES string of the molecule is Cc1cc2cc(C(=O)N3CCC(NCC4CC4)CC3)oc2cc1C.Cl. The molecule has 5 heteroatoms. The monoisotopic (exact) mass is 362 g/mol. The van der Waals surface area contributed by atoms with Gasteiger partial charge in [-0.3, -0.25) is 4.79 Å². The molecule has 1 aromatic heterocycles. The van der Waals surface area contributed by atoms with Crippen LogP contribution in [0.5, 0.6) is 0 Å². The molecule has 25 heavy (non-hydrogen) atoms. The molecule has 1 aliphatic carbocycles. The predicted molar refractivity (Wildman–Crippen MR) is 103 cm³/mol. The van der Waals surface area contributed by atoms with Crippen molar-refractivity contribution in [1.29, 1.82) is 0 Å². The smallest absolute Gasteiger partial charge is 0.289 e. The van der Waals surface area contributed by atoms with Crippen LogP contribution in [0.25, 0.3) is 11.0 Å². The third-order valence-electron chi connectivity index (χ3n) is 5.52. The fourth-order valence-corrected chi connectivity index (χ4v) is 3.51. The van der Waals surface area contributed by atoms with Crippen LogP contribution in [0, 0.1) is 19.8 Å². The number of nitrogens with one attached hydrogen (secondary N) is 1. The highest BCUT2D eigenvalue weighted by Gasteiger charge is 2.27. The molecule has 2 fully saturated rings. The van der Waals surface area contributed by atoms with Crippen molar-refractivity contribution in [2.45, 2.75) is 45.6 Å². The summed E-state index contributed by atoms with van der Waals surface area (Å²) in [7, 11) is 0. The van der Waals surface area contributed by atoms with E-state index in [0.717, 1.165) is 49.4 Å². The number of nitrogens with zero attached hydrogens (tertiary/aromatic N) is 1. The number of aryl methyl sites for hydroxylation is 2. The number of fused-ring (bicyclic) bond motifs is 1. The van der Waals surface area contributed by atoms with Gasteiger partial charge in [-0.1, -0.05) is 0 Å². The molecular weight excluding hydrogens is 336 g/mol. The molecule has 0 unspecified atom stereocenters. The summed E-state index contributed by atoms with van der Waals surface area (Å²) in [6, 6.07) is 6.58. The van der Waals surface area contributed by atoms with Crippen LogP contribution < -0.4 is 5.32 Å². The predicted octanol–water partition coefficient (Wildman–Crippen LogP) is 4.08. The van der Waals surface area contributed by atoms with Crippen LogP contribution in [-0.4, -0.2) is 36.5 Å². The van der Waals surface area contributed by atoms with Crippen LogP contribution in [0.1, 0.15) is 47.4 Å². The molecule has 2 aromatic rings. The molecule has 0 atom stereocenters. The number of hydrogen-bond acceptors (Lipinski definition) is 3. The van der Waals surface area contributed by atoms with E-state index in [4.69, 9.17) is 4.42 Å². The topological polar surface area (TPSA) is 45.5 Å². The Labute approximate surface area is 155 Å². The number of halogens is 1. The molecule has 0 spiro atoms. The van der Waals surface area contributed by atoms with E-state index in [2.05, 4.69) is 25.2 Å². The summed E-state index contributed by atoms with van der Waals surface area (Å²) in [6.07, 6.45) is 4.85. The van der Waals surface area contributed by atoms with Gasteiger partial charge in [0.15, 0.2) is 5.76 Å². The Morgan fingerprint density at radius 3 is 2.48 bits per heavy atom. The number of rotatable bonds is 4. The van der Waals surface area contributed by atoms with E-state index in [9.17, 15) is 4.79 Å². The van der Waals surface area contributed by atoms with Crippen molar-refractivity contribution < 1.29 is 9.21 Å². The summed E-state index contributed by atoms with van der Waals surface area (Å²) in [4.78, 5) is 14.7. The van der Waals surface area contributed by atoms with Crippen molar-refractivity contribution in [3.05, 3.63) is 35.1 Å². The molecule has 0 bridgehead atoms. The van der Waals surface area contributed by atoms with Crippen molar-refractivity contribution >= 4 is 29.3 Å². The van der Waals surface area contributed by atoms with E-state index in [1.807, 2.05) is 17.0 Å². The molecule has 1 aliphatic heterocycles. The van der Waals surface area contributed by atoms with Crippen LogP contribution in [-0.2, 0) is 0 Å². The first-order valence-electron chi connectivity index (χ1n) is 9.13. The summed E-state index contributed by atoms with van der Waals surface area (Å²) in [5.74, 6) is 1.41. The van der Waals surface area contributed by atoms with Crippen LogP contribution >= 0.6 is 12.4 Å². The van der Waals surface area contributed by atoms with Gasteiger partial charge in [-0.15, -0.1) is 12.4 Å². The zero-order valence-electron chi connectivity index (χ0n) is 15.0. The molecule has 1 amide bonds. The van der Waals surface area contributed by atoms with Crippen molar-refractivity contribution in [1.82, 2.24) is 10.2 Å². The average Bonchev–Trinajstić information content (AvgIpc) is 3.33. The quantitative estimate of drug-likeness (QED) is 0.891. The van der Waals surface area contributed by atoms with Crippen LogP contribution in [0.4, 0.5) is 0 Å². The van der Waals surface area contributed by atoms with E-state index in [1.54, 1.807) is 0 Å². The summed E-state index contributed by atoms with van der Waals surface area (Å²) in [5, 5.41) is 4.67. The summed E-state index contributed by atoms with van der Waals surface area (Å²) >= 11 is 0. The molecule has 2 heterocycles. The van der Waals surface area contributed by atoms with E-state index in [1.165, 1.54) is 24.0 Å². The lowest BCUT2D eigenvalue weighted by molar-refractivity contribution is 0.0675. The Bertz CT molecular complexity index is 719. The van der Waals surface area contributed by atoms with Crippen molar-refractivity contribution in [3.8, 4) is 0 Å². The van der Waals surface area contributed by atoms with E-state index in [-0.39, 0.29) is 18.3 Å². The molecule has 1 saturated carbocycles. The largest absolute Gasteiger partial charge is 0.451 e. The van der Waals surface area contributed by atoms with E-state index >= 15 is 0 Å². The Balaban J connectivity index is 0.00000182. The standard InChI is InChI=1S/C20H26N2O2.ClH/c1-13-9-16-11-19(24-18(16)10-14(13)2)20(23)22-7-5-17(6-8-22)21-12-15-3-4-15;/h9-11,15,17,21H,3-8,12H2,1-2H3;1H. The van der Waals surface area contributed by atoms with Gasteiger partial charge in [-0.25, -0.2) is 0 Å². The van der Waals surface area contributed by atoms with Gasteiger partial charge in [0.1, 0.15) is 5.58 Å². The highest BCUT2D eigenvalue weighted by Crippen LogP contribution is 2.28. The minimum atomic E-state index is 0. The number of carbonyl (C=O) groups is 1. The first-order chi connectivity index (χ1) is 11.6. The fraction of sp³-hybridized carbons (Fsp3) is 0.550. The molecule has 0 radical (unpaired) electrons. The molecule has 1 N–H and O–H groups in total. The first-order valence-corrected chi connectivity index (χ1v) is 9.13. The van der Waals surface area contributed by atoms with Crippen LogP contribution in [0.15, 0.2) is 22.6 Å². The van der Waals surface area contributed by atoms with Crippen molar-refractivity contribution in [2.24, 2.45) is 5.92 Å². The number of hydrogen-bond donors (Lipinski definition) is 1. The second kappa shape index (κ2) is 7.38. The molecule has 4 rings (SSSR count). The molecule has 2 aliphatic rings. The van der Waals surface area contributed by atoms with Gasteiger partial charge in [0.25, 0.3) is 5.91 Å². The third kappa shape index (κ3) is 4.01. The molecule has 4 nitrogen and oxygen atoms in total. The minimum Gasteiger partial charge on any atom is -0.451 e. The van der Waals surface area contributed by atoms with Crippen molar-refractivity contribution in [3.63, 3.8) is 0 Å². The van der Waals surface area contributed by atoms with Gasteiger partial charge < -0.3 is 14.6 Å². The maximum Gasteiger partial charge on any atom is 0.289 e. The van der Waals surface area contributed by atoms with Crippen LogP contribution in [0.3, 0.4) is 0 Å². The molecular formula is C20H27ClN2O2. The molecule has 1 saturated heterocycles. The van der Waals surface area contributed by atoms with Gasteiger partial charge in [0.05, 0.1) is 0 Å². The van der Waals surface area contributed by atoms with E-state index in [0.29, 0.717) is 11.8 Å². The fourth-order valence-electron chi connectivity index (χ4n) is 3.51. The van der Waals surface area contributed by atoms with Gasteiger partial charge in [-0.2, -0.15) is 0 Å². The third-order valence-corrected chi connectivity index (χ3v) is 5.52. The van der Waals surface area contributed by atoms with Crippen LogP contribution in [0.2, 0.25) is 0 Å². The number of carbonyl (C=O) groups excluding carboxylic acids is 1. The number of piperidine rings is 1. The van der Waals surface area contributed by atoms with E-state index < -0.39 is 0 Å². The zero-order valence-corrected chi connectivity index (χ0v) is 15.8. The maximum atomic E-state index is 12.7. The van der Waals surface area contributed by atoms with Crippen molar-refractivity contribution in [2.75, 3.05) is 19.6 Å². The highest BCUT2D eigenvalue weighted by atomic mass is 35.5. The lowest BCUT2D eigenvalue weighted by Gasteiger charge is -2.32. The summed E-state index contributed by atoms with van der Waals surface area (Å²) in [5.41, 5.74) is 3.23. The lowest BCUT2D eigenvalue weighted by atomic mass is 10.0. The number of amides is 1. The van der Waals surface area contributed by atoms with Gasteiger partial charge in [0.2, 0.25) is 0 Å². The average molecular weight is 363 g/mol. The Morgan fingerprint density at radius 2 is 1.80 bits per heavy atom. The lowest BCUT2D eigenvalue weighted by Crippen LogP contribution is -2.45. The Morgan fingerprint density at radius 1 is 1.12 bits per heavy atom. The second-order valence-electron chi connectivity index (χ2n) is 7.50. The first kappa shape index (κ1) is 18.3. The molecule has 1 aromatic carbocycles. The maximum absolute atomic E-state index is 12.7. The van der Waals surface area contributed by atoms with Gasteiger partial charge in [-0.05, 0) is 81.3 Å². The summed E-state index contributed by atoms with van der Waals surface area (Å²) in [6.45, 7) is 6.94. The Kier molecular flexibility index (Phi) is 5.40. The Hall–Kier alpha value is -1.52. The minimum absolute atomic E-state index is 0. The molecule has 136 valence electrons. The number of benzene rings is 1. The number of furan rings is 1. The zero-order chi connectivity index (χ0) is 16.7. The number of likely N-dealkylation sites (tertiary alicyclic amines) is 1. The van der Waals surface area contributed by atoms with Gasteiger partial charge >= 0.3 is 0 Å². The van der Waals surface area contributed by atoms with Gasteiger partial charge in [0, 0.05) is 24.5 Å². The second-order valence-corrected chi connectivity index (χ2v) is 7.50. The highest BCUT2D eigenvalue weighted by molar-refractivity contribution is 5.96.